The lowest BCUT2D eigenvalue weighted by Crippen LogP contribution is -2.43. The molecule has 0 bridgehead atoms. The molecule has 0 saturated heterocycles. The topological polar surface area (TPSA) is 176 Å². The van der Waals surface area contributed by atoms with Crippen molar-refractivity contribution in [3.63, 3.8) is 0 Å². The number of phenolic OH excluding ortho intramolecular Hbond substituents is 2. The van der Waals surface area contributed by atoms with Crippen LogP contribution in [0.4, 0.5) is 0 Å². The molecule has 0 saturated carbocycles. The molecule has 4 rings (SSSR count). The van der Waals surface area contributed by atoms with Gasteiger partial charge < -0.3 is 20.1 Å². The number of hydrogen-bond acceptors (Lipinski definition) is 9. The highest BCUT2D eigenvalue weighted by atomic mass is 32.2. The van der Waals surface area contributed by atoms with Gasteiger partial charge in [-0.3, -0.25) is 18.9 Å². The summed E-state index contributed by atoms with van der Waals surface area (Å²) in [6.45, 7) is 0. The Morgan fingerprint density at radius 2 is 1.78 bits per heavy atom. The van der Waals surface area contributed by atoms with Gasteiger partial charge in [0.2, 0.25) is 5.78 Å². The Kier molecular flexibility index (Phi) is 4.73. The quantitative estimate of drug-likeness (QED) is 0.322. The highest BCUT2D eigenvalue weighted by Crippen LogP contribution is 2.47. The fraction of sp³-hybridized carbons (Fsp3) is 0.190. The predicted octanol–water partition coefficient (Wildman–Crippen LogP) is 0.885. The number of ketones is 3. The van der Waals surface area contributed by atoms with Gasteiger partial charge in [0.25, 0.3) is 10.1 Å². The fourth-order valence-electron chi connectivity index (χ4n) is 4.01. The number of carbonyl (C=O) groups is 3. The molecule has 168 valence electrons. The summed E-state index contributed by atoms with van der Waals surface area (Å²) in [6, 6.07) is 4.28. The molecule has 0 amide bonds. The van der Waals surface area contributed by atoms with Crippen LogP contribution in [-0.2, 0) is 21.3 Å². The van der Waals surface area contributed by atoms with Crippen molar-refractivity contribution in [1.29, 1.82) is 0 Å². The molecule has 0 unspecified atom stereocenters. The molecule has 0 fully saturated rings. The van der Waals surface area contributed by atoms with Gasteiger partial charge in [0.15, 0.2) is 11.6 Å². The second-order valence-corrected chi connectivity index (χ2v) is 8.92. The zero-order chi connectivity index (χ0) is 23.6. The van der Waals surface area contributed by atoms with Crippen LogP contribution < -0.4 is 4.74 Å². The number of aromatic hydroxyl groups is 2. The van der Waals surface area contributed by atoms with Crippen LogP contribution in [0.25, 0.3) is 6.08 Å². The van der Waals surface area contributed by atoms with Gasteiger partial charge in [-0.15, -0.1) is 0 Å². The van der Waals surface area contributed by atoms with Crippen molar-refractivity contribution in [3.05, 3.63) is 57.7 Å². The smallest absolute Gasteiger partial charge is 0.272 e. The first kappa shape index (κ1) is 21.7. The van der Waals surface area contributed by atoms with Gasteiger partial charge in [0.1, 0.15) is 28.6 Å². The van der Waals surface area contributed by atoms with Gasteiger partial charge in [-0.05, 0) is 12.1 Å². The number of phenols is 2. The lowest BCUT2D eigenvalue weighted by Gasteiger charge is -2.30. The average molecular weight is 462 g/mol. The maximum atomic E-state index is 13.2. The monoisotopic (exact) mass is 462 g/mol. The summed E-state index contributed by atoms with van der Waals surface area (Å²) in [6.07, 6.45) is 1.22. The van der Waals surface area contributed by atoms with E-state index in [0.717, 1.165) is 12.2 Å². The van der Waals surface area contributed by atoms with Crippen molar-refractivity contribution >= 4 is 33.5 Å². The van der Waals surface area contributed by atoms with Crippen LogP contribution >= 0.6 is 0 Å². The maximum Gasteiger partial charge on any atom is 0.272 e. The molecule has 2 aromatic carbocycles. The highest BCUT2D eigenvalue weighted by Gasteiger charge is 2.44. The van der Waals surface area contributed by atoms with E-state index in [4.69, 9.17) is 9.29 Å². The summed E-state index contributed by atoms with van der Waals surface area (Å²) in [5, 5.41) is 32.3. The first-order valence-electron chi connectivity index (χ1n) is 9.17. The summed E-state index contributed by atoms with van der Waals surface area (Å²) < 4.78 is 36.2. The molecule has 1 atom stereocenters. The Hall–Kier alpha value is -3.54. The van der Waals surface area contributed by atoms with Crippen LogP contribution in [0.1, 0.15) is 44.4 Å². The van der Waals surface area contributed by atoms with E-state index in [1.165, 1.54) is 25.3 Å². The molecule has 0 radical (unpaired) electrons. The van der Waals surface area contributed by atoms with Crippen molar-refractivity contribution in [2.45, 2.75) is 12.0 Å². The molecule has 32 heavy (non-hydrogen) atoms. The lowest BCUT2D eigenvalue weighted by atomic mass is 9.76. The zero-order valence-corrected chi connectivity index (χ0v) is 17.3. The minimum Gasteiger partial charge on any atom is -0.507 e. The number of methoxy groups -OCH3 is 1. The van der Waals surface area contributed by atoms with Crippen LogP contribution in [-0.4, -0.2) is 64.1 Å². The standard InChI is InChI=1S/C21H16O10S.H2/c1-31-12-4-2-3-10-14(12)20(26)16-15(18(10)24)19(25)11-7-21(27,6-5-9(11)17(16)23)13(22)8-32(28,29)30;/h2-6,23,25,27H,7-8H2,1H3,(H,28,29,30);1H/t21-;/m1./s1. The number of Topliss-reactive ketones (excluding diaryl/α,β-unsaturated/α-hetero) is 1. The van der Waals surface area contributed by atoms with E-state index in [9.17, 15) is 38.1 Å². The van der Waals surface area contributed by atoms with Gasteiger partial charge in [0, 0.05) is 24.5 Å². The highest BCUT2D eigenvalue weighted by molar-refractivity contribution is 7.86. The predicted molar refractivity (Wildman–Crippen MR) is 111 cm³/mol. The Morgan fingerprint density at radius 1 is 1.12 bits per heavy atom. The van der Waals surface area contributed by atoms with E-state index in [2.05, 4.69) is 0 Å². The normalized spacial score (nSPS) is 19.2. The van der Waals surface area contributed by atoms with E-state index < -0.39 is 67.9 Å². The van der Waals surface area contributed by atoms with Crippen LogP contribution in [0.15, 0.2) is 24.3 Å². The number of hydrogen-bond donors (Lipinski definition) is 4. The maximum absolute atomic E-state index is 13.2. The Balaban J connectivity index is 0.00000306. The van der Waals surface area contributed by atoms with Crippen molar-refractivity contribution in [2.75, 3.05) is 12.9 Å². The van der Waals surface area contributed by atoms with E-state index in [1.54, 1.807) is 0 Å². The van der Waals surface area contributed by atoms with Gasteiger partial charge >= 0.3 is 0 Å². The minimum atomic E-state index is -4.74. The third-order valence-electron chi connectivity index (χ3n) is 5.53. The summed E-state index contributed by atoms with van der Waals surface area (Å²) in [7, 11) is -3.44. The van der Waals surface area contributed by atoms with Crippen molar-refractivity contribution in [2.24, 2.45) is 0 Å². The molecular formula is C21H18O10S. The number of carbonyl (C=O) groups excluding carboxylic acids is 3. The minimum absolute atomic E-state index is 0. The molecular weight excluding hydrogens is 444 g/mol. The van der Waals surface area contributed by atoms with Gasteiger partial charge in [-0.25, -0.2) is 0 Å². The second kappa shape index (κ2) is 6.99. The van der Waals surface area contributed by atoms with Gasteiger partial charge in [-0.1, -0.05) is 18.2 Å². The van der Waals surface area contributed by atoms with E-state index >= 15 is 0 Å². The Bertz CT molecular complexity index is 1380. The molecule has 2 aliphatic carbocycles. The van der Waals surface area contributed by atoms with Crippen LogP contribution in [0, 0.1) is 0 Å². The third kappa shape index (κ3) is 3.09. The molecule has 10 nitrogen and oxygen atoms in total. The summed E-state index contributed by atoms with van der Waals surface area (Å²) in [5.74, 6) is -5.50. The van der Waals surface area contributed by atoms with Gasteiger partial charge in [0.05, 0.1) is 23.8 Å². The molecule has 4 N–H and O–H groups in total. The largest absolute Gasteiger partial charge is 0.507 e. The van der Waals surface area contributed by atoms with Crippen LogP contribution in [0.3, 0.4) is 0 Å². The molecule has 0 aromatic heterocycles. The van der Waals surface area contributed by atoms with E-state index in [0.29, 0.717) is 0 Å². The first-order chi connectivity index (χ1) is 14.9. The Labute approximate surface area is 182 Å². The number of aliphatic hydroxyl groups is 1. The summed E-state index contributed by atoms with van der Waals surface area (Å²) in [5.41, 5.74) is -3.91. The lowest BCUT2D eigenvalue weighted by molar-refractivity contribution is -0.130. The SMILES string of the molecule is COc1cccc2c1C(=O)c1c(O)c3c(c(O)c1C2=O)C[C@@](O)(C(=O)CS(=O)(=O)O)C=C3.[HH]. The summed E-state index contributed by atoms with van der Waals surface area (Å²) >= 11 is 0. The van der Waals surface area contributed by atoms with Crippen LogP contribution in [0.2, 0.25) is 0 Å². The molecule has 2 aliphatic rings. The molecule has 11 heteroatoms. The number of benzene rings is 2. The van der Waals surface area contributed by atoms with E-state index in [1.807, 2.05) is 0 Å². The summed E-state index contributed by atoms with van der Waals surface area (Å²) in [4.78, 5) is 38.5. The van der Waals surface area contributed by atoms with Crippen molar-refractivity contribution in [3.8, 4) is 17.2 Å². The molecule has 0 spiro atoms. The number of ether oxygens (including phenoxy) is 1. The second-order valence-electron chi connectivity index (χ2n) is 7.46. The molecule has 0 aliphatic heterocycles. The van der Waals surface area contributed by atoms with Crippen LogP contribution in [0.5, 0.6) is 17.2 Å². The molecule has 2 aromatic rings. The first-order valence-corrected chi connectivity index (χ1v) is 10.8. The molecule has 0 heterocycles. The zero-order valence-electron chi connectivity index (χ0n) is 16.4. The average Bonchev–Trinajstić information content (AvgIpc) is 2.72. The third-order valence-corrected chi connectivity index (χ3v) is 6.16. The number of fused-ring (bicyclic) bond motifs is 3. The number of rotatable bonds is 4. The van der Waals surface area contributed by atoms with Crippen molar-refractivity contribution in [1.82, 2.24) is 0 Å². The van der Waals surface area contributed by atoms with E-state index in [-0.39, 0.29) is 29.4 Å². The van der Waals surface area contributed by atoms with Crippen molar-refractivity contribution < 1.29 is 48.8 Å². The fourth-order valence-corrected chi connectivity index (χ4v) is 4.59. The van der Waals surface area contributed by atoms with Gasteiger partial charge in [-0.2, -0.15) is 8.42 Å². The Morgan fingerprint density at radius 3 is 2.41 bits per heavy atom.